The molecule has 0 aromatic carbocycles. The second-order valence-corrected chi connectivity index (χ2v) is 3.34. The van der Waals surface area contributed by atoms with Gasteiger partial charge in [0.2, 0.25) is 5.91 Å². The Kier molecular flexibility index (Phi) is 2.18. The monoisotopic (exact) mass is 157 g/mol. The lowest BCUT2D eigenvalue weighted by Crippen LogP contribution is -2.34. The number of hydrogen-bond donors (Lipinski definition) is 0. The third kappa shape index (κ3) is 1.71. The predicted molar refractivity (Wildman–Crippen MR) is 42.3 cm³/mol. The topological polar surface area (TPSA) is 29.5 Å². The summed E-state index contributed by atoms with van der Waals surface area (Å²) in [6.45, 7) is 5.20. The highest BCUT2D eigenvalue weighted by molar-refractivity contribution is 5.73. The van der Waals surface area contributed by atoms with Gasteiger partial charge in [0.25, 0.3) is 0 Å². The van der Waals surface area contributed by atoms with Gasteiger partial charge in [-0.15, -0.1) is 0 Å². The minimum Gasteiger partial charge on any atom is -0.377 e. The van der Waals surface area contributed by atoms with Crippen LogP contribution in [-0.4, -0.2) is 36.6 Å². The molecule has 1 unspecified atom stereocenters. The van der Waals surface area contributed by atoms with E-state index in [-0.39, 0.29) is 11.5 Å². The quantitative estimate of drug-likeness (QED) is 0.559. The number of methoxy groups -OCH3 is 1. The molecule has 1 rings (SSSR count). The first-order chi connectivity index (χ1) is 5.07. The van der Waals surface area contributed by atoms with Crippen LogP contribution in [0.1, 0.15) is 20.3 Å². The molecule has 1 amide bonds. The number of carbonyl (C=O) groups excluding carboxylic acids is 1. The zero-order chi connectivity index (χ0) is 8.48. The van der Waals surface area contributed by atoms with Gasteiger partial charge in [-0.25, -0.2) is 0 Å². The summed E-state index contributed by atoms with van der Waals surface area (Å²) in [6, 6.07) is 0. The third-order valence-corrected chi connectivity index (χ3v) is 2.37. The number of likely N-dealkylation sites (tertiary alicyclic amines) is 1. The van der Waals surface area contributed by atoms with Gasteiger partial charge in [-0.2, -0.15) is 0 Å². The van der Waals surface area contributed by atoms with Gasteiger partial charge in [-0.1, -0.05) is 0 Å². The van der Waals surface area contributed by atoms with Crippen LogP contribution in [0.3, 0.4) is 0 Å². The fraction of sp³-hybridized carbons (Fsp3) is 0.875. The van der Waals surface area contributed by atoms with Gasteiger partial charge < -0.3 is 9.64 Å². The van der Waals surface area contributed by atoms with E-state index in [1.807, 2.05) is 11.8 Å². The van der Waals surface area contributed by atoms with E-state index in [9.17, 15) is 4.79 Å². The highest BCUT2D eigenvalue weighted by Gasteiger charge is 2.34. The van der Waals surface area contributed by atoms with Crippen LogP contribution in [0.25, 0.3) is 0 Å². The lowest BCUT2D eigenvalue weighted by molar-refractivity contribution is -0.128. The van der Waals surface area contributed by atoms with E-state index in [1.165, 1.54) is 0 Å². The smallest absolute Gasteiger partial charge is 0.219 e. The van der Waals surface area contributed by atoms with Crippen LogP contribution in [0.4, 0.5) is 0 Å². The predicted octanol–water partition coefficient (Wildman–Crippen LogP) is 0.644. The van der Waals surface area contributed by atoms with Gasteiger partial charge in [0.1, 0.15) is 0 Å². The Morgan fingerprint density at radius 1 is 1.64 bits per heavy atom. The maximum atomic E-state index is 10.9. The van der Waals surface area contributed by atoms with Crippen molar-refractivity contribution in [2.24, 2.45) is 0 Å². The number of carbonyl (C=O) groups is 1. The standard InChI is InChI=1S/C8H15NO2/c1-7(10)9-5-4-8(2,6-9)11-3/h4-6H2,1-3H3. The van der Waals surface area contributed by atoms with Gasteiger partial charge in [0.05, 0.1) is 5.60 Å². The largest absolute Gasteiger partial charge is 0.377 e. The minimum absolute atomic E-state index is 0.105. The van der Waals surface area contributed by atoms with Crippen LogP contribution >= 0.6 is 0 Å². The van der Waals surface area contributed by atoms with E-state index in [0.717, 1.165) is 19.5 Å². The molecule has 0 radical (unpaired) electrons. The van der Waals surface area contributed by atoms with Crippen LogP contribution in [0, 0.1) is 0 Å². The number of rotatable bonds is 1. The molecule has 1 saturated heterocycles. The Bertz CT molecular complexity index is 169. The van der Waals surface area contributed by atoms with Crippen molar-refractivity contribution in [3.05, 3.63) is 0 Å². The first-order valence-electron chi connectivity index (χ1n) is 3.88. The maximum absolute atomic E-state index is 10.9. The molecule has 1 fully saturated rings. The molecule has 0 aromatic heterocycles. The second kappa shape index (κ2) is 2.81. The average molecular weight is 157 g/mol. The van der Waals surface area contributed by atoms with Crippen molar-refractivity contribution in [1.82, 2.24) is 4.90 Å². The van der Waals surface area contributed by atoms with E-state index in [2.05, 4.69) is 0 Å². The number of ether oxygens (including phenoxy) is 1. The van der Waals surface area contributed by atoms with Crippen molar-refractivity contribution in [2.45, 2.75) is 25.9 Å². The van der Waals surface area contributed by atoms with Gasteiger partial charge in [0, 0.05) is 27.1 Å². The number of amides is 1. The van der Waals surface area contributed by atoms with Crippen LogP contribution in [0.5, 0.6) is 0 Å². The highest BCUT2D eigenvalue weighted by Crippen LogP contribution is 2.23. The maximum Gasteiger partial charge on any atom is 0.219 e. The number of hydrogen-bond acceptors (Lipinski definition) is 2. The summed E-state index contributed by atoms with van der Waals surface area (Å²) >= 11 is 0. The van der Waals surface area contributed by atoms with Gasteiger partial charge in [0.15, 0.2) is 0 Å². The van der Waals surface area contributed by atoms with Gasteiger partial charge >= 0.3 is 0 Å². The Morgan fingerprint density at radius 3 is 2.55 bits per heavy atom. The molecule has 64 valence electrons. The fourth-order valence-electron chi connectivity index (χ4n) is 1.37. The molecule has 3 heteroatoms. The van der Waals surface area contributed by atoms with E-state index < -0.39 is 0 Å². The third-order valence-electron chi connectivity index (χ3n) is 2.37. The van der Waals surface area contributed by atoms with E-state index >= 15 is 0 Å². The van der Waals surface area contributed by atoms with E-state index in [1.54, 1.807) is 14.0 Å². The molecule has 1 heterocycles. The summed E-state index contributed by atoms with van der Waals surface area (Å²) in [5.74, 6) is 0.144. The Labute approximate surface area is 67.3 Å². The Morgan fingerprint density at radius 2 is 2.27 bits per heavy atom. The summed E-state index contributed by atoms with van der Waals surface area (Å²) in [5, 5.41) is 0. The van der Waals surface area contributed by atoms with E-state index in [0.29, 0.717) is 0 Å². The Hall–Kier alpha value is -0.570. The number of nitrogens with zero attached hydrogens (tertiary/aromatic N) is 1. The molecule has 11 heavy (non-hydrogen) atoms. The zero-order valence-corrected chi connectivity index (χ0v) is 7.39. The summed E-state index contributed by atoms with van der Waals surface area (Å²) in [5.41, 5.74) is -0.105. The molecule has 0 spiro atoms. The van der Waals surface area contributed by atoms with Gasteiger partial charge in [-0.05, 0) is 13.3 Å². The summed E-state index contributed by atoms with van der Waals surface area (Å²) in [4.78, 5) is 12.7. The molecule has 1 aliphatic rings. The first-order valence-corrected chi connectivity index (χ1v) is 3.88. The van der Waals surface area contributed by atoms with Crippen molar-refractivity contribution in [3.8, 4) is 0 Å². The van der Waals surface area contributed by atoms with E-state index in [4.69, 9.17) is 4.74 Å². The minimum atomic E-state index is -0.105. The molecule has 0 N–H and O–H groups in total. The zero-order valence-electron chi connectivity index (χ0n) is 7.39. The lowest BCUT2D eigenvalue weighted by Gasteiger charge is -2.22. The first kappa shape index (κ1) is 8.53. The van der Waals surface area contributed by atoms with Crippen molar-refractivity contribution in [1.29, 1.82) is 0 Å². The Balaban J connectivity index is 2.53. The van der Waals surface area contributed by atoms with Crippen LogP contribution < -0.4 is 0 Å². The summed E-state index contributed by atoms with van der Waals surface area (Å²) < 4.78 is 5.29. The van der Waals surface area contributed by atoms with Crippen LogP contribution in [0.15, 0.2) is 0 Å². The lowest BCUT2D eigenvalue weighted by atomic mass is 10.1. The molecule has 0 bridgehead atoms. The molecular weight excluding hydrogens is 142 g/mol. The average Bonchev–Trinajstić information content (AvgIpc) is 2.33. The van der Waals surface area contributed by atoms with Crippen molar-refractivity contribution in [2.75, 3.05) is 20.2 Å². The molecule has 0 saturated carbocycles. The fourth-order valence-corrected chi connectivity index (χ4v) is 1.37. The normalized spacial score (nSPS) is 31.0. The summed E-state index contributed by atoms with van der Waals surface area (Å²) in [7, 11) is 1.70. The SMILES string of the molecule is COC1(C)CCN(C(C)=O)C1. The molecule has 1 aliphatic heterocycles. The van der Waals surface area contributed by atoms with Crippen molar-refractivity contribution >= 4 is 5.91 Å². The molecular formula is C8H15NO2. The molecule has 0 aromatic rings. The molecule has 1 atom stereocenters. The van der Waals surface area contributed by atoms with Gasteiger partial charge in [-0.3, -0.25) is 4.79 Å². The van der Waals surface area contributed by atoms with Crippen molar-refractivity contribution in [3.63, 3.8) is 0 Å². The molecule has 0 aliphatic carbocycles. The van der Waals surface area contributed by atoms with Crippen LogP contribution in [-0.2, 0) is 9.53 Å². The highest BCUT2D eigenvalue weighted by atomic mass is 16.5. The molecule has 3 nitrogen and oxygen atoms in total. The van der Waals surface area contributed by atoms with Crippen LogP contribution in [0.2, 0.25) is 0 Å². The second-order valence-electron chi connectivity index (χ2n) is 3.34. The van der Waals surface area contributed by atoms with Crippen molar-refractivity contribution < 1.29 is 9.53 Å². The summed E-state index contributed by atoms with van der Waals surface area (Å²) in [6.07, 6.45) is 0.948.